The molecular weight excluding hydrogens is 613 g/mol. The highest BCUT2D eigenvalue weighted by Crippen LogP contribution is 2.67. The Morgan fingerprint density at radius 2 is 1.63 bits per heavy atom. The summed E-state index contributed by atoms with van der Waals surface area (Å²) in [5.74, 6) is -0.250. The van der Waals surface area contributed by atoms with Crippen molar-refractivity contribution in [3.63, 3.8) is 0 Å². The molecule has 7 atom stereocenters. The zero-order valence-electron chi connectivity index (χ0n) is 20.3. The smallest absolute Gasteiger partial charge is 0.402 e. The molecule has 0 amide bonds. The number of anilines is 1. The molecule has 4 aromatic rings. The molecule has 41 heavy (non-hydrogen) atoms. The van der Waals surface area contributed by atoms with Gasteiger partial charge in [0.25, 0.3) is 0 Å². The number of aliphatic hydroxyl groups is 2. The first kappa shape index (κ1) is 29.6. The molecule has 19 nitrogen and oxygen atoms in total. The van der Waals surface area contributed by atoms with Crippen molar-refractivity contribution in [3.05, 3.63) is 49.2 Å². The second kappa shape index (κ2) is 11.1. The number of aliphatic hydroxyl groups excluding tert-OH is 2. The number of ether oxygens (including phenoxy) is 1. The van der Waals surface area contributed by atoms with Crippen molar-refractivity contribution in [3.8, 4) is 5.75 Å². The van der Waals surface area contributed by atoms with E-state index in [0.717, 1.165) is 6.33 Å². The van der Waals surface area contributed by atoms with Crippen molar-refractivity contribution in [2.45, 2.75) is 24.5 Å². The molecule has 22 heteroatoms. The van der Waals surface area contributed by atoms with Crippen LogP contribution in [0.15, 0.2) is 49.2 Å². The standard InChI is InChI=1S/C19H21N6O13P3/c20-17-14-18(23-8-22-17)25(9-24-14)19-16(27)15(26)12(35-19)7-34-39(28,29)37-41(32,33)38-40(30,31)36-11-5-1-3-10-4-2-6-21-13(10)11/h1-6,8-9,12,15-16,19,26-27H,7H2,(H,28,29)(H,30,31)(H,32,33)(H2,20,22,23)/t12-,15-,16-,19-/m1/s1. The van der Waals surface area contributed by atoms with Crippen LogP contribution in [-0.4, -0.2) is 74.3 Å². The van der Waals surface area contributed by atoms with Crippen molar-refractivity contribution in [1.29, 1.82) is 0 Å². The first-order valence-corrected chi connectivity index (χ1v) is 15.8. The number of nitrogens with zero attached hydrogens (tertiary/aromatic N) is 5. The zero-order valence-corrected chi connectivity index (χ0v) is 23.0. The van der Waals surface area contributed by atoms with E-state index in [1.807, 2.05) is 0 Å². The fraction of sp³-hybridized carbons (Fsp3) is 0.263. The van der Waals surface area contributed by atoms with Crippen LogP contribution in [0.3, 0.4) is 0 Å². The average Bonchev–Trinajstić information content (AvgIpc) is 3.43. The summed E-state index contributed by atoms with van der Waals surface area (Å²) < 4.78 is 61.4. The van der Waals surface area contributed by atoms with Crippen molar-refractivity contribution in [2.75, 3.05) is 12.3 Å². The topological polar surface area (TPSA) is 281 Å². The molecule has 1 aliphatic rings. The van der Waals surface area contributed by atoms with Crippen LogP contribution in [0.2, 0.25) is 0 Å². The summed E-state index contributed by atoms with van der Waals surface area (Å²) >= 11 is 0. The molecule has 0 spiro atoms. The summed E-state index contributed by atoms with van der Waals surface area (Å²) in [6, 6.07) is 7.51. The van der Waals surface area contributed by atoms with E-state index in [0.29, 0.717) is 5.39 Å². The molecule has 0 aliphatic carbocycles. The van der Waals surface area contributed by atoms with E-state index in [1.54, 1.807) is 18.2 Å². The molecule has 0 saturated carbocycles. The van der Waals surface area contributed by atoms with Crippen LogP contribution in [0.4, 0.5) is 5.82 Å². The largest absolute Gasteiger partial charge is 0.536 e. The Morgan fingerprint density at radius 3 is 2.41 bits per heavy atom. The maximum absolute atomic E-state index is 12.4. The number of para-hydroxylation sites is 1. The highest BCUT2D eigenvalue weighted by atomic mass is 31.3. The molecule has 0 radical (unpaired) electrons. The Kier molecular flexibility index (Phi) is 7.99. The predicted molar refractivity (Wildman–Crippen MR) is 136 cm³/mol. The lowest BCUT2D eigenvalue weighted by atomic mass is 10.1. The molecule has 1 aromatic carbocycles. The number of hydrogen-bond acceptors (Lipinski definition) is 15. The quantitative estimate of drug-likeness (QED) is 0.133. The van der Waals surface area contributed by atoms with Gasteiger partial charge in [-0.15, -0.1) is 0 Å². The molecule has 0 bridgehead atoms. The Hall–Kier alpha value is -2.89. The van der Waals surface area contributed by atoms with Gasteiger partial charge in [-0.1, -0.05) is 18.2 Å². The summed E-state index contributed by atoms with van der Waals surface area (Å²) in [5, 5.41) is 21.3. The van der Waals surface area contributed by atoms with E-state index in [9.17, 15) is 38.6 Å². The molecule has 3 aromatic heterocycles. The van der Waals surface area contributed by atoms with Crippen molar-refractivity contribution < 1.29 is 61.0 Å². The van der Waals surface area contributed by atoms with Crippen LogP contribution >= 0.6 is 23.5 Å². The summed E-state index contributed by atoms with van der Waals surface area (Å²) in [6.07, 6.45) is -2.35. The highest BCUT2D eigenvalue weighted by molar-refractivity contribution is 7.67. The molecule has 7 N–H and O–H groups in total. The van der Waals surface area contributed by atoms with Gasteiger partial charge in [0.2, 0.25) is 0 Å². The van der Waals surface area contributed by atoms with Gasteiger partial charge < -0.3 is 35.0 Å². The monoisotopic (exact) mass is 634 g/mol. The highest BCUT2D eigenvalue weighted by Gasteiger charge is 2.47. The molecule has 3 unspecified atom stereocenters. The third-order valence-electron chi connectivity index (χ3n) is 5.62. The van der Waals surface area contributed by atoms with Crippen LogP contribution in [0, 0.1) is 0 Å². The lowest BCUT2D eigenvalue weighted by Gasteiger charge is -2.20. The number of hydrogen-bond donors (Lipinski definition) is 6. The van der Waals surface area contributed by atoms with Gasteiger partial charge in [0, 0.05) is 11.6 Å². The van der Waals surface area contributed by atoms with Crippen molar-refractivity contribution >= 4 is 51.4 Å². The second-order valence-electron chi connectivity index (χ2n) is 8.42. The maximum atomic E-state index is 12.4. The molecule has 220 valence electrons. The van der Waals surface area contributed by atoms with Crippen LogP contribution < -0.4 is 10.3 Å². The van der Waals surface area contributed by atoms with E-state index in [2.05, 4.69) is 33.1 Å². The number of phosphoric acid groups is 3. The zero-order chi connectivity index (χ0) is 29.6. The number of rotatable bonds is 10. The molecule has 4 heterocycles. The van der Waals surface area contributed by atoms with Gasteiger partial charge in [-0.05, 0) is 12.1 Å². The number of nitrogens with two attached hydrogens (primary N) is 1. The summed E-state index contributed by atoms with van der Waals surface area (Å²) in [4.78, 5) is 45.6. The first-order chi connectivity index (χ1) is 19.3. The first-order valence-electron chi connectivity index (χ1n) is 11.3. The van der Waals surface area contributed by atoms with E-state index in [-0.39, 0.29) is 28.2 Å². The van der Waals surface area contributed by atoms with E-state index in [1.165, 1.54) is 29.2 Å². The van der Waals surface area contributed by atoms with Crippen LogP contribution in [0.5, 0.6) is 5.75 Å². The van der Waals surface area contributed by atoms with Gasteiger partial charge >= 0.3 is 23.5 Å². The summed E-state index contributed by atoms with van der Waals surface area (Å²) in [6.45, 7) is -0.957. The van der Waals surface area contributed by atoms with Crippen LogP contribution in [0.1, 0.15) is 6.23 Å². The summed E-state index contributed by atoms with van der Waals surface area (Å²) in [5.41, 5.74) is 6.19. The maximum Gasteiger partial charge on any atom is 0.536 e. The number of imidazole rings is 1. The SMILES string of the molecule is Nc1ncnc2c1ncn2[C@@H]1O[C@H](COP(=O)(O)OP(=O)(O)OP(=O)(O)Oc2cccc3cccnc23)[C@@H](O)[C@H]1O. The Balaban J connectivity index is 1.22. The number of benzene rings is 1. The van der Waals surface area contributed by atoms with E-state index >= 15 is 0 Å². The lowest BCUT2D eigenvalue weighted by molar-refractivity contribution is -0.0503. The minimum absolute atomic E-state index is 0.0438. The molecule has 1 fully saturated rings. The number of phosphoric ester groups is 2. The molecular formula is C19H21N6O13P3. The predicted octanol–water partition coefficient (Wildman–Crippen LogP) is 1.01. The fourth-order valence-electron chi connectivity index (χ4n) is 3.91. The van der Waals surface area contributed by atoms with Crippen LogP contribution in [0.25, 0.3) is 22.1 Å². The minimum atomic E-state index is -5.79. The molecule has 5 rings (SSSR count). The minimum Gasteiger partial charge on any atom is -0.402 e. The summed E-state index contributed by atoms with van der Waals surface area (Å²) in [7, 11) is -16.7. The lowest BCUT2D eigenvalue weighted by Crippen LogP contribution is -2.33. The second-order valence-corrected chi connectivity index (χ2v) is 13.0. The fourth-order valence-corrected chi connectivity index (χ4v) is 7.44. The van der Waals surface area contributed by atoms with Gasteiger partial charge in [0.15, 0.2) is 23.4 Å². The van der Waals surface area contributed by atoms with Gasteiger partial charge in [-0.3, -0.25) is 19.0 Å². The Morgan fingerprint density at radius 1 is 0.902 bits per heavy atom. The Labute approximate surface area is 228 Å². The number of nitrogen functional groups attached to an aromatic ring is 1. The van der Waals surface area contributed by atoms with E-state index < -0.39 is 54.6 Å². The normalized spacial score (nSPS) is 25.5. The van der Waals surface area contributed by atoms with Gasteiger partial charge in [-0.25, -0.2) is 28.6 Å². The Bertz CT molecular complexity index is 1730. The van der Waals surface area contributed by atoms with Crippen molar-refractivity contribution in [1.82, 2.24) is 24.5 Å². The van der Waals surface area contributed by atoms with E-state index in [4.69, 9.17) is 15.0 Å². The average molecular weight is 634 g/mol. The van der Waals surface area contributed by atoms with Crippen LogP contribution in [-0.2, 0) is 31.6 Å². The molecule has 1 aliphatic heterocycles. The van der Waals surface area contributed by atoms with Gasteiger partial charge in [0.1, 0.15) is 35.7 Å². The van der Waals surface area contributed by atoms with Crippen molar-refractivity contribution in [2.24, 2.45) is 0 Å². The van der Waals surface area contributed by atoms with Gasteiger partial charge in [-0.2, -0.15) is 8.62 Å². The third-order valence-corrected chi connectivity index (χ3v) is 9.83. The number of fused-ring (bicyclic) bond motifs is 2. The number of pyridine rings is 1. The van der Waals surface area contributed by atoms with Gasteiger partial charge in [0.05, 0.1) is 12.9 Å². The third kappa shape index (κ3) is 6.47. The number of aromatic nitrogens is 5. The molecule has 1 saturated heterocycles.